The van der Waals surface area contributed by atoms with Crippen molar-refractivity contribution in [1.29, 1.82) is 0 Å². The van der Waals surface area contributed by atoms with Crippen LogP contribution < -0.4 is 5.32 Å². The molecule has 1 N–H and O–H groups in total. The smallest absolute Gasteiger partial charge is 0.275 e. The molecule has 1 aromatic carbocycles. The second-order valence-corrected chi connectivity index (χ2v) is 4.30. The molecule has 1 amide bonds. The number of rotatable bonds is 4. The maximum absolute atomic E-state index is 11.8. The molecule has 0 saturated carbocycles. The number of nitrogens with zero attached hydrogens (tertiary/aromatic N) is 2. The number of benzene rings is 1. The lowest BCUT2D eigenvalue weighted by atomic mass is 10.3. The van der Waals surface area contributed by atoms with Crippen molar-refractivity contribution < 1.29 is 4.79 Å². The van der Waals surface area contributed by atoms with E-state index in [1.807, 2.05) is 34.9 Å². The van der Waals surface area contributed by atoms with E-state index < -0.39 is 0 Å². The van der Waals surface area contributed by atoms with Crippen LogP contribution in [0.1, 0.15) is 10.5 Å². The minimum absolute atomic E-state index is 0.190. The molecule has 0 radical (unpaired) electrons. The molecule has 0 aliphatic carbocycles. The average Bonchev–Trinajstić information content (AvgIpc) is 2.79. The van der Waals surface area contributed by atoms with Crippen molar-refractivity contribution in [1.82, 2.24) is 9.55 Å². The normalized spacial score (nSPS) is 10.2. The zero-order valence-corrected chi connectivity index (χ0v) is 10.7. The fraction of sp³-hybridized carbons (Fsp3) is 0.167. The Hall–Kier alpha value is -1.62. The van der Waals surface area contributed by atoms with Crippen molar-refractivity contribution in [3.63, 3.8) is 0 Å². The highest BCUT2D eigenvalue weighted by Gasteiger charge is 2.08. The Labute approximate surface area is 108 Å². The van der Waals surface area contributed by atoms with Crippen molar-refractivity contribution in [3.05, 3.63) is 48.5 Å². The van der Waals surface area contributed by atoms with Gasteiger partial charge in [-0.05, 0) is 12.1 Å². The van der Waals surface area contributed by atoms with Gasteiger partial charge in [-0.3, -0.25) is 4.79 Å². The van der Waals surface area contributed by atoms with Crippen LogP contribution >= 0.6 is 15.9 Å². The van der Waals surface area contributed by atoms with Crippen molar-refractivity contribution >= 4 is 27.5 Å². The minimum atomic E-state index is -0.190. The number of aryl methyl sites for hydroxylation is 1. The molecule has 1 aromatic heterocycles. The number of anilines is 1. The number of carbonyl (C=O) groups excluding carboxylic acids is 1. The summed E-state index contributed by atoms with van der Waals surface area (Å²) in [4.78, 5) is 15.9. The van der Waals surface area contributed by atoms with Gasteiger partial charge < -0.3 is 9.88 Å². The lowest BCUT2D eigenvalue weighted by Gasteiger charge is -2.01. The summed E-state index contributed by atoms with van der Waals surface area (Å²) >= 11 is 3.34. The average molecular weight is 294 g/mol. The van der Waals surface area contributed by atoms with Crippen LogP contribution in [0.25, 0.3) is 0 Å². The second-order valence-electron chi connectivity index (χ2n) is 3.51. The molecule has 0 bridgehead atoms. The molecule has 0 saturated heterocycles. The molecule has 88 valence electrons. The number of para-hydroxylation sites is 1. The first-order valence-electron chi connectivity index (χ1n) is 5.24. The summed E-state index contributed by atoms with van der Waals surface area (Å²) < 4.78 is 1.87. The topological polar surface area (TPSA) is 46.9 Å². The molecule has 0 unspecified atom stereocenters. The minimum Gasteiger partial charge on any atom is -0.336 e. The van der Waals surface area contributed by atoms with Gasteiger partial charge in [0.1, 0.15) is 5.69 Å². The molecule has 17 heavy (non-hydrogen) atoms. The maximum atomic E-state index is 11.8. The van der Waals surface area contributed by atoms with Gasteiger partial charge in [-0.15, -0.1) is 0 Å². The van der Waals surface area contributed by atoms with E-state index in [-0.39, 0.29) is 5.91 Å². The Morgan fingerprint density at radius 1 is 1.35 bits per heavy atom. The molecule has 1 heterocycles. The van der Waals surface area contributed by atoms with Gasteiger partial charge in [0.25, 0.3) is 5.91 Å². The van der Waals surface area contributed by atoms with Crippen LogP contribution in [0.2, 0.25) is 0 Å². The predicted octanol–water partition coefficient (Wildman–Crippen LogP) is 2.53. The highest BCUT2D eigenvalue weighted by molar-refractivity contribution is 9.09. The molecule has 0 aliphatic rings. The Morgan fingerprint density at radius 3 is 2.82 bits per heavy atom. The SMILES string of the molecule is O=C(Nc1ccccc1)c1cn(CCBr)cn1. The lowest BCUT2D eigenvalue weighted by molar-refractivity contribution is 0.102. The third kappa shape index (κ3) is 3.17. The van der Waals surface area contributed by atoms with Crippen LogP contribution in [0.3, 0.4) is 0 Å². The van der Waals surface area contributed by atoms with E-state index in [4.69, 9.17) is 0 Å². The third-order valence-corrected chi connectivity index (χ3v) is 2.59. The first-order chi connectivity index (χ1) is 8.29. The van der Waals surface area contributed by atoms with Gasteiger partial charge >= 0.3 is 0 Å². The van der Waals surface area contributed by atoms with Gasteiger partial charge in [0.2, 0.25) is 0 Å². The number of imidazole rings is 1. The number of alkyl halides is 1. The van der Waals surface area contributed by atoms with Gasteiger partial charge in [-0.1, -0.05) is 34.1 Å². The van der Waals surface area contributed by atoms with Gasteiger partial charge in [0.05, 0.1) is 6.33 Å². The van der Waals surface area contributed by atoms with Crippen LogP contribution in [0.4, 0.5) is 5.69 Å². The molecular weight excluding hydrogens is 282 g/mol. The zero-order valence-electron chi connectivity index (χ0n) is 9.14. The molecule has 5 heteroatoms. The van der Waals surface area contributed by atoms with Crippen molar-refractivity contribution in [2.24, 2.45) is 0 Å². The van der Waals surface area contributed by atoms with Gasteiger partial charge in [0.15, 0.2) is 0 Å². The van der Waals surface area contributed by atoms with Gasteiger partial charge in [0, 0.05) is 23.8 Å². The first-order valence-corrected chi connectivity index (χ1v) is 6.36. The Balaban J connectivity index is 2.04. The zero-order chi connectivity index (χ0) is 12.1. The number of carbonyl (C=O) groups is 1. The summed E-state index contributed by atoms with van der Waals surface area (Å²) in [6.07, 6.45) is 3.39. The molecule has 0 fully saturated rings. The van der Waals surface area contributed by atoms with E-state index in [0.29, 0.717) is 5.69 Å². The van der Waals surface area contributed by atoms with E-state index in [1.54, 1.807) is 12.5 Å². The van der Waals surface area contributed by atoms with E-state index in [2.05, 4.69) is 26.2 Å². The number of nitrogens with one attached hydrogen (secondary N) is 1. The number of hydrogen-bond donors (Lipinski definition) is 1. The Morgan fingerprint density at radius 2 is 2.12 bits per heavy atom. The highest BCUT2D eigenvalue weighted by Crippen LogP contribution is 2.07. The molecule has 4 nitrogen and oxygen atoms in total. The van der Waals surface area contributed by atoms with E-state index >= 15 is 0 Å². The molecule has 0 aliphatic heterocycles. The number of hydrogen-bond acceptors (Lipinski definition) is 2. The summed E-state index contributed by atoms with van der Waals surface area (Å²) in [6, 6.07) is 9.33. The van der Waals surface area contributed by atoms with E-state index in [0.717, 1.165) is 17.6 Å². The van der Waals surface area contributed by atoms with Crippen molar-refractivity contribution in [2.45, 2.75) is 6.54 Å². The monoisotopic (exact) mass is 293 g/mol. The molecule has 2 aromatic rings. The van der Waals surface area contributed by atoms with E-state index in [9.17, 15) is 4.79 Å². The lowest BCUT2D eigenvalue weighted by Crippen LogP contribution is -2.12. The summed E-state index contributed by atoms with van der Waals surface area (Å²) in [5.74, 6) is -0.190. The number of amides is 1. The van der Waals surface area contributed by atoms with Gasteiger partial charge in [-0.25, -0.2) is 4.98 Å². The Kier molecular flexibility index (Phi) is 3.93. The molecule has 0 atom stereocenters. The summed E-state index contributed by atoms with van der Waals surface area (Å²) in [5.41, 5.74) is 1.20. The van der Waals surface area contributed by atoms with Crippen LogP contribution in [0.5, 0.6) is 0 Å². The fourth-order valence-corrected chi connectivity index (χ4v) is 1.82. The van der Waals surface area contributed by atoms with Crippen LogP contribution in [-0.4, -0.2) is 20.8 Å². The number of halogens is 1. The fourth-order valence-electron chi connectivity index (χ4n) is 1.41. The molecular formula is C12H12BrN3O. The van der Waals surface area contributed by atoms with E-state index in [1.165, 1.54) is 0 Å². The third-order valence-electron chi connectivity index (χ3n) is 2.24. The van der Waals surface area contributed by atoms with Crippen LogP contribution in [0, 0.1) is 0 Å². The summed E-state index contributed by atoms with van der Waals surface area (Å²) in [6.45, 7) is 0.797. The highest BCUT2D eigenvalue weighted by atomic mass is 79.9. The molecule has 2 rings (SSSR count). The summed E-state index contributed by atoms with van der Waals surface area (Å²) in [7, 11) is 0. The van der Waals surface area contributed by atoms with Gasteiger partial charge in [-0.2, -0.15) is 0 Å². The number of aromatic nitrogens is 2. The predicted molar refractivity (Wildman–Crippen MR) is 70.4 cm³/mol. The second kappa shape index (κ2) is 5.63. The van der Waals surface area contributed by atoms with Crippen molar-refractivity contribution in [3.8, 4) is 0 Å². The maximum Gasteiger partial charge on any atom is 0.275 e. The first kappa shape index (κ1) is 11.9. The quantitative estimate of drug-likeness (QED) is 0.881. The summed E-state index contributed by atoms with van der Waals surface area (Å²) in [5, 5.41) is 3.62. The largest absolute Gasteiger partial charge is 0.336 e. The van der Waals surface area contributed by atoms with Crippen molar-refractivity contribution in [2.75, 3.05) is 10.6 Å². The van der Waals surface area contributed by atoms with Crippen LogP contribution in [0.15, 0.2) is 42.9 Å². The standard InChI is InChI=1S/C12H12BrN3O/c13-6-7-16-8-11(14-9-16)12(17)15-10-4-2-1-3-5-10/h1-5,8-9H,6-7H2,(H,15,17). The van der Waals surface area contributed by atoms with Crippen LogP contribution in [-0.2, 0) is 6.54 Å². The molecule has 0 spiro atoms. The Bertz CT molecular complexity index is 495.